The summed E-state index contributed by atoms with van der Waals surface area (Å²) in [6.45, 7) is 0.560. The van der Waals surface area contributed by atoms with Gasteiger partial charge >= 0.3 is 0 Å². The fourth-order valence-corrected chi connectivity index (χ4v) is 4.74. The first-order valence-electron chi connectivity index (χ1n) is 9.29. The van der Waals surface area contributed by atoms with Crippen molar-refractivity contribution in [3.8, 4) is 0 Å². The van der Waals surface area contributed by atoms with Crippen molar-refractivity contribution in [3.63, 3.8) is 0 Å². The maximum absolute atomic E-state index is 12.9. The van der Waals surface area contributed by atoms with Crippen molar-refractivity contribution in [1.29, 1.82) is 0 Å². The zero-order valence-corrected chi connectivity index (χ0v) is 15.5. The molecule has 0 radical (unpaired) electrons. The van der Waals surface area contributed by atoms with E-state index in [-0.39, 0.29) is 16.8 Å². The first-order chi connectivity index (χ1) is 13.1. The highest BCUT2D eigenvalue weighted by Gasteiger charge is 2.39. The fourth-order valence-electron chi connectivity index (χ4n) is 3.59. The summed E-state index contributed by atoms with van der Waals surface area (Å²) in [7, 11) is 0. The van der Waals surface area contributed by atoms with E-state index in [4.69, 9.17) is 0 Å². The van der Waals surface area contributed by atoms with Crippen molar-refractivity contribution < 1.29 is 9.72 Å². The SMILES string of the molecule is O=C1C(Sc2nnc(C3CC3)n2C2CC2)CCN1c1cccc([N+](=O)[O-])c1. The van der Waals surface area contributed by atoms with Gasteiger partial charge in [0.25, 0.3) is 5.69 Å². The summed E-state index contributed by atoms with van der Waals surface area (Å²) in [5.41, 5.74) is 0.582. The van der Waals surface area contributed by atoms with Gasteiger partial charge in [0.1, 0.15) is 5.82 Å². The smallest absolute Gasteiger partial charge is 0.271 e. The van der Waals surface area contributed by atoms with Gasteiger partial charge in [-0.05, 0) is 38.2 Å². The summed E-state index contributed by atoms with van der Waals surface area (Å²) < 4.78 is 2.26. The number of carbonyl (C=O) groups is 1. The van der Waals surface area contributed by atoms with Crippen molar-refractivity contribution >= 4 is 29.0 Å². The maximum Gasteiger partial charge on any atom is 0.271 e. The highest BCUT2D eigenvalue weighted by Crippen LogP contribution is 2.47. The third kappa shape index (κ3) is 3.09. The van der Waals surface area contributed by atoms with Gasteiger partial charge < -0.3 is 9.47 Å². The highest BCUT2D eigenvalue weighted by molar-refractivity contribution is 8.00. The lowest BCUT2D eigenvalue weighted by atomic mass is 10.2. The lowest BCUT2D eigenvalue weighted by Gasteiger charge is -2.16. The molecule has 2 aromatic rings. The molecule has 0 spiro atoms. The van der Waals surface area contributed by atoms with E-state index in [9.17, 15) is 14.9 Å². The molecule has 2 heterocycles. The van der Waals surface area contributed by atoms with Crippen LogP contribution in [0.3, 0.4) is 0 Å². The van der Waals surface area contributed by atoms with Crippen LogP contribution in [0.15, 0.2) is 29.4 Å². The van der Waals surface area contributed by atoms with E-state index in [1.165, 1.54) is 36.7 Å². The number of carbonyl (C=O) groups excluding carboxylic acids is 1. The molecule has 140 valence electrons. The predicted octanol–water partition coefficient (Wildman–Crippen LogP) is 3.30. The maximum atomic E-state index is 12.9. The van der Waals surface area contributed by atoms with E-state index in [1.807, 2.05) is 0 Å². The van der Waals surface area contributed by atoms with Gasteiger partial charge in [0.05, 0.1) is 15.9 Å². The van der Waals surface area contributed by atoms with E-state index in [2.05, 4.69) is 14.8 Å². The van der Waals surface area contributed by atoms with Crippen LogP contribution in [0, 0.1) is 10.1 Å². The lowest BCUT2D eigenvalue weighted by Crippen LogP contribution is -2.28. The average molecular weight is 385 g/mol. The molecule has 1 amide bonds. The molecule has 3 aliphatic rings. The molecule has 2 aliphatic carbocycles. The Morgan fingerprint density at radius 2 is 1.96 bits per heavy atom. The van der Waals surface area contributed by atoms with E-state index in [0.29, 0.717) is 30.6 Å². The van der Waals surface area contributed by atoms with E-state index in [0.717, 1.165) is 23.8 Å². The van der Waals surface area contributed by atoms with E-state index >= 15 is 0 Å². The zero-order valence-electron chi connectivity index (χ0n) is 14.7. The Bertz CT molecular complexity index is 921. The number of anilines is 1. The van der Waals surface area contributed by atoms with Gasteiger partial charge in [0.15, 0.2) is 5.16 Å². The number of non-ortho nitro benzene ring substituents is 1. The molecule has 0 N–H and O–H groups in total. The highest BCUT2D eigenvalue weighted by atomic mass is 32.2. The first kappa shape index (κ1) is 16.7. The molecular weight excluding hydrogens is 366 g/mol. The van der Waals surface area contributed by atoms with Crippen LogP contribution < -0.4 is 4.90 Å². The molecule has 1 unspecified atom stereocenters. The molecule has 9 heteroatoms. The number of amides is 1. The molecule has 5 rings (SSSR count). The van der Waals surface area contributed by atoms with E-state index < -0.39 is 4.92 Å². The third-order valence-electron chi connectivity index (χ3n) is 5.30. The van der Waals surface area contributed by atoms with Crippen LogP contribution in [0.5, 0.6) is 0 Å². The Morgan fingerprint density at radius 1 is 1.15 bits per heavy atom. The van der Waals surface area contributed by atoms with Crippen LogP contribution in [0.2, 0.25) is 0 Å². The molecule has 1 aromatic carbocycles. The number of nitrogens with zero attached hydrogens (tertiary/aromatic N) is 5. The van der Waals surface area contributed by atoms with Gasteiger partial charge in [-0.25, -0.2) is 0 Å². The van der Waals surface area contributed by atoms with Crippen LogP contribution in [-0.2, 0) is 4.79 Å². The van der Waals surface area contributed by atoms with Gasteiger partial charge in [-0.2, -0.15) is 0 Å². The number of thioether (sulfide) groups is 1. The summed E-state index contributed by atoms with van der Waals surface area (Å²) in [5, 5.41) is 20.4. The number of rotatable bonds is 6. The van der Waals surface area contributed by atoms with Crippen molar-refractivity contribution in [2.45, 2.75) is 54.5 Å². The molecule has 1 saturated heterocycles. The van der Waals surface area contributed by atoms with Crippen molar-refractivity contribution in [2.75, 3.05) is 11.4 Å². The van der Waals surface area contributed by atoms with Crippen LogP contribution in [-0.4, -0.2) is 37.4 Å². The van der Waals surface area contributed by atoms with E-state index in [1.54, 1.807) is 17.0 Å². The second-order valence-corrected chi connectivity index (χ2v) is 8.55. The monoisotopic (exact) mass is 385 g/mol. The Morgan fingerprint density at radius 3 is 2.67 bits per heavy atom. The quantitative estimate of drug-likeness (QED) is 0.559. The fraction of sp³-hybridized carbons (Fsp3) is 0.500. The van der Waals surface area contributed by atoms with Crippen LogP contribution in [0.25, 0.3) is 0 Å². The van der Waals surface area contributed by atoms with Crippen molar-refractivity contribution in [1.82, 2.24) is 14.8 Å². The Labute approximate surface area is 160 Å². The molecular formula is C18H19N5O3S. The molecule has 1 atom stereocenters. The molecule has 27 heavy (non-hydrogen) atoms. The Hall–Kier alpha value is -2.42. The summed E-state index contributed by atoms with van der Waals surface area (Å²) in [4.78, 5) is 25.1. The Balaban J connectivity index is 1.35. The van der Waals surface area contributed by atoms with Crippen molar-refractivity contribution in [3.05, 3.63) is 40.2 Å². The summed E-state index contributed by atoms with van der Waals surface area (Å²) in [5.74, 6) is 1.60. The number of nitro benzene ring substituents is 1. The van der Waals surface area contributed by atoms with Crippen LogP contribution >= 0.6 is 11.8 Å². The average Bonchev–Trinajstić information content (AvgIpc) is 3.60. The largest absolute Gasteiger partial charge is 0.311 e. The minimum atomic E-state index is -0.437. The standard InChI is InChI=1S/C18H19N5O3S/c24-17-15(8-9-21(17)13-2-1-3-14(10-13)23(25)26)27-18-20-19-16(11-4-5-11)22(18)12-6-7-12/h1-3,10-12,15H,4-9H2. The summed E-state index contributed by atoms with van der Waals surface area (Å²) in [6, 6.07) is 6.75. The van der Waals surface area contributed by atoms with Crippen molar-refractivity contribution in [2.24, 2.45) is 0 Å². The summed E-state index contributed by atoms with van der Waals surface area (Å²) >= 11 is 1.49. The first-order valence-corrected chi connectivity index (χ1v) is 10.2. The molecule has 0 bridgehead atoms. The van der Waals surface area contributed by atoms with Gasteiger partial charge in [0, 0.05) is 30.6 Å². The van der Waals surface area contributed by atoms with Gasteiger partial charge in [-0.1, -0.05) is 17.8 Å². The van der Waals surface area contributed by atoms with Gasteiger partial charge in [-0.15, -0.1) is 10.2 Å². The van der Waals surface area contributed by atoms with Crippen LogP contribution in [0.4, 0.5) is 11.4 Å². The molecule has 3 fully saturated rings. The number of benzene rings is 1. The second-order valence-electron chi connectivity index (χ2n) is 7.38. The van der Waals surface area contributed by atoms with Gasteiger partial charge in [0.2, 0.25) is 5.91 Å². The number of hydrogen-bond donors (Lipinski definition) is 0. The molecule has 2 saturated carbocycles. The number of aromatic nitrogens is 3. The normalized spacial score (nSPS) is 22.4. The predicted molar refractivity (Wildman–Crippen MR) is 100.0 cm³/mol. The minimum Gasteiger partial charge on any atom is -0.311 e. The van der Waals surface area contributed by atoms with Crippen LogP contribution in [0.1, 0.15) is 49.9 Å². The molecule has 8 nitrogen and oxygen atoms in total. The number of hydrogen-bond acceptors (Lipinski definition) is 6. The zero-order chi connectivity index (χ0) is 18.5. The van der Waals surface area contributed by atoms with Gasteiger partial charge in [-0.3, -0.25) is 14.9 Å². The Kier molecular flexibility index (Phi) is 3.92. The lowest BCUT2D eigenvalue weighted by molar-refractivity contribution is -0.384. The second kappa shape index (κ2) is 6.33. The minimum absolute atomic E-state index is 0.000968. The topological polar surface area (TPSA) is 94.2 Å². The molecule has 1 aromatic heterocycles. The third-order valence-corrected chi connectivity index (χ3v) is 6.51. The summed E-state index contributed by atoms with van der Waals surface area (Å²) in [6.07, 6.45) is 5.37. The molecule has 1 aliphatic heterocycles. The number of nitro groups is 1.